The lowest BCUT2D eigenvalue weighted by atomic mass is 10.1. The first-order valence-electron chi connectivity index (χ1n) is 8.90. The number of hydrogen-bond acceptors (Lipinski definition) is 4. The summed E-state index contributed by atoms with van der Waals surface area (Å²) < 4.78 is 1.53. The zero-order valence-corrected chi connectivity index (χ0v) is 15.8. The fourth-order valence-electron chi connectivity index (χ4n) is 3.52. The first kappa shape index (κ1) is 17.0. The molecule has 1 aliphatic carbocycles. The Balaban J connectivity index is 1.46. The van der Waals surface area contributed by atoms with E-state index in [9.17, 15) is 9.59 Å². The number of amides is 1. The van der Waals surface area contributed by atoms with Crippen LogP contribution in [-0.2, 0) is 24.2 Å². The smallest absolute Gasteiger partial charge is 0.262 e. The molecule has 0 aliphatic heterocycles. The van der Waals surface area contributed by atoms with E-state index >= 15 is 0 Å². The molecule has 1 N–H and O–H groups in total. The molecule has 0 radical (unpaired) electrons. The van der Waals surface area contributed by atoms with Gasteiger partial charge in [0.15, 0.2) is 0 Å². The number of carbonyl (C=O) groups is 1. The van der Waals surface area contributed by atoms with Gasteiger partial charge in [0.05, 0.1) is 11.7 Å². The molecule has 0 fully saturated rings. The van der Waals surface area contributed by atoms with E-state index in [1.807, 2.05) is 19.9 Å². The number of fused-ring (bicyclic) bond motifs is 2. The van der Waals surface area contributed by atoms with E-state index in [-0.39, 0.29) is 17.9 Å². The van der Waals surface area contributed by atoms with Gasteiger partial charge in [0, 0.05) is 23.5 Å². The molecule has 26 heavy (non-hydrogen) atoms. The van der Waals surface area contributed by atoms with Gasteiger partial charge in [-0.05, 0) is 61.9 Å². The third kappa shape index (κ3) is 3.05. The molecule has 1 aromatic carbocycles. The normalized spacial score (nSPS) is 13.2. The predicted octanol–water partition coefficient (Wildman–Crippen LogP) is 3.59. The van der Waals surface area contributed by atoms with Crippen LogP contribution < -0.4 is 10.9 Å². The number of carbonyl (C=O) groups excluding carboxylic acids is 1. The highest BCUT2D eigenvalue weighted by molar-refractivity contribution is 7.18. The molecule has 0 unspecified atom stereocenters. The fraction of sp³-hybridized carbons (Fsp3) is 0.350. The molecule has 2 heterocycles. The Labute approximate surface area is 155 Å². The summed E-state index contributed by atoms with van der Waals surface area (Å²) >= 11 is 1.53. The number of rotatable bonds is 4. The van der Waals surface area contributed by atoms with Gasteiger partial charge < -0.3 is 5.32 Å². The van der Waals surface area contributed by atoms with Crippen molar-refractivity contribution in [1.29, 1.82) is 0 Å². The number of benzene rings is 1. The van der Waals surface area contributed by atoms with Crippen molar-refractivity contribution in [3.63, 3.8) is 0 Å². The van der Waals surface area contributed by atoms with Crippen LogP contribution in [-0.4, -0.2) is 15.5 Å². The van der Waals surface area contributed by atoms with E-state index in [1.165, 1.54) is 33.5 Å². The van der Waals surface area contributed by atoms with E-state index in [0.29, 0.717) is 11.9 Å². The van der Waals surface area contributed by atoms with Crippen LogP contribution in [0.25, 0.3) is 10.2 Å². The van der Waals surface area contributed by atoms with Crippen molar-refractivity contribution < 1.29 is 4.79 Å². The Bertz CT molecular complexity index is 1060. The van der Waals surface area contributed by atoms with Crippen LogP contribution in [0.4, 0.5) is 5.69 Å². The minimum Gasteiger partial charge on any atom is -0.326 e. The van der Waals surface area contributed by atoms with Gasteiger partial charge >= 0.3 is 0 Å². The van der Waals surface area contributed by atoms with Crippen LogP contribution in [0.5, 0.6) is 0 Å². The van der Waals surface area contributed by atoms with Gasteiger partial charge in [0.25, 0.3) is 5.56 Å². The number of thiophene rings is 1. The van der Waals surface area contributed by atoms with Crippen molar-refractivity contribution in [3.8, 4) is 0 Å². The highest BCUT2D eigenvalue weighted by Crippen LogP contribution is 2.26. The summed E-state index contributed by atoms with van der Waals surface area (Å²) in [5, 5.41) is 3.62. The average Bonchev–Trinajstić information content (AvgIpc) is 3.19. The first-order valence-corrected chi connectivity index (χ1v) is 9.71. The fourth-order valence-corrected chi connectivity index (χ4v) is 4.51. The van der Waals surface area contributed by atoms with Crippen LogP contribution in [0.2, 0.25) is 0 Å². The second-order valence-electron chi connectivity index (χ2n) is 6.84. The number of hydrogen-bond donors (Lipinski definition) is 1. The van der Waals surface area contributed by atoms with Crippen molar-refractivity contribution in [2.45, 2.75) is 46.1 Å². The van der Waals surface area contributed by atoms with E-state index in [2.05, 4.69) is 22.4 Å². The maximum atomic E-state index is 12.7. The SMILES string of the molecule is Cc1sc2ncn(CCC(=O)Nc3ccc4c(c3)CCC4)c(=O)c2c1C. The molecule has 3 aromatic rings. The van der Waals surface area contributed by atoms with Gasteiger partial charge in [-0.1, -0.05) is 6.07 Å². The predicted molar refractivity (Wildman–Crippen MR) is 105 cm³/mol. The number of aryl methyl sites for hydroxylation is 5. The first-order chi connectivity index (χ1) is 12.5. The van der Waals surface area contributed by atoms with Gasteiger partial charge in [-0.3, -0.25) is 14.2 Å². The van der Waals surface area contributed by atoms with Crippen molar-refractivity contribution in [2.75, 3.05) is 5.32 Å². The van der Waals surface area contributed by atoms with E-state index in [0.717, 1.165) is 33.8 Å². The van der Waals surface area contributed by atoms with Gasteiger partial charge in [0.1, 0.15) is 4.83 Å². The third-order valence-electron chi connectivity index (χ3n) is 5.12. The lowest BCUT2D eigenvalue weighted by Gasteiger charge is -2.09. The lowest BCUT2D eigenvalue weighted by Crippen LogP contribution is -2.23. The maximum Gasteiger partial charge on any atom is 0.262 e. The number of nitrogens with zero attached hydrogens (tertiary/aromatic N) is 2. The Hall–Kier alpha value is -2.47. The van der Waals surface area contributed by atoms with E-state index in [4.69, 9.17) is 0 Å². The van der Waals surface area contributed by atoms with Gasteiger partial charge in [-0.25, -0.2) is 4.98 Å². The molecule has 0 spiro atoms. The van der Waals surface area contributed by atoms with Crippen molar-refractivity contribution in [2.24, 2.45) is 0 Å². The highest BCUT2D eigenvalue weighted by atomic mass is 32.1. The molecule has 5 nitrogen and oxygen atoms in total. The molecule has 1 amide bonds. The Morgan fingerprint density at radius 2 is 2.08 bits per heavy atom. The number of aromatic nitrogens is 2. The summed E-state index contributed by atoms with van der Waals surface area (Å²) in [4.78, 5) is 31.2. The molecular weight excluding hydrogens is 346 g/mol. The summed E-state index contributed by atoms with van der Waals surface area (Å²) in [6, 6.07) is 6.12. The van der Waals surface area contributed by atoms with Crippen molar-refractivity contribution in [3.05, 3.63) is 56.4 Å². The summed E-state index contributed by atoms with van der Waals surface area (Å²) in [5.41, 5.74) is 4.47. The van der Waals surface area contributed by atoms with Crippen LogP contribution in [0.1, 0.15) is 34.4 Å². The maximum absolute atomic E-state index is 12.7. The second kappa shape index (κ2) is 6.68. The molecule has 4 rings (SSSR count). The number of nitrogens with one attached hydrogen (secondary N) is 1. The van der Waals surface area contributed by atoms with Crippen molar-refractivity contribution >= 4 is 33.1 Å². The van der Waals surface area contributed by atoms with Crippen LogP contribution in [0.3, 0.4) is 0 Å². The minimum atomic E-state index is -0.0897. The van der Waals surface area contributed by atoms with Crippen LogP contribution >= 0.6 is 11.3 Å². The quantitative estimate of drug-likeness (QED) is 0.766. The highest BCUT2D eigenvalue weighted by Gasteiger charge is 2.14. The van der Waals surface area contributed by atoms with Gasteiger partial charge in [-0.2, -0.15) is 0 Å². The largest absolute Gasteiger partial charge is 0.326 e. The second-order valence-corrected chi connectivity index (χ2v) is 8.04. The molecule has 134 valence electrons. The van der Waals surface area contributed by atoms with Crippen molar-refractivity contribution in [1.82, 2.24) is 9.55 Å². The Kier molecular flexibility index (Phi) is 4.36. The third-order valence-corrected chi connectivity index (χ3v) is 6.23. The monoisotopic (exact) mass is 367 g/mol. The molecule has 0 atom stereocenters. The topological polar surface area (TPSA) is 64.0 Å². The Morgan fingerprint density at radius 3 is 2.92 bits per heavy atom. The number of anilines is 1. The summed E-state index contributed by atoms with van der Waals surface area (Å²) in [5.74, 6) is -0.0897. The molecule has 0 saturated heterocycles. The summed E-state index contributed by atoms with van der Waals surface area (Å²) in [6.45, 7) is 4.27. The zero-order valence-electron chi connectivity index (χ0n) is 15.0. The van der Waals surface area contributed by atoms with Crippen LogP contribution in [0, 0.1) is 13.8 Å². The summed E-state index contributed by atoms with van der Waals surface area (Å²) in [7, 11) is 0. The molecule has 6 heteroatoms. The van der Waals surface area contributed by atoms with E-state index in [1.54, 1.807) is 6.33 Å². The van der Waals surface area contributed by atoms with Gasteiger partial charge in [0.2, 0.25) is 5.91 Å². The molecule has 0 bridgehead atoms. The molecule has 0 saturated carbocycles. The zero-order chi connectivity index (χ0) is 18.3. The molecule has 1 aliphatic rings. The molecule has 2 aromatic heterocycles. The van der Waals surface area contributed by atoms with Gasteiger partial charge in [-0.15, -0.1) is 11.3 Å². The minimum absolute atomic E-state index is 0.0674. The average molecular weight is 367 g/mol. The standard InChI is InChI=1S/C20H21N3O2S/c1-12-13(2)26-19-18(12)20(25)23(11-21-19)9-8-17(24)22-16-7-6-14-4-3-5-15(14)10-16/h6-7,10-11H,3-5,8-9H2,1-2H3,(H,22,24). The van der Waals surface area contributed by atoms with Crippen LogP contribution in [0.15, 0.2) is 29.3 Å². The Morgan fingerprint density at radius 1 is 1.27 bits per heavy atom. The molecular formula is C20H21N3O2S. The van der Waals surface area contributed by atoms with E-state index < -0.39 is 0 Å². The lowest BCUT2D eigenvalue weighted by molar-refractivity contribution is -0.116. The summed E-state index contributed by atoms with van der Waals surface area (Å²) in [6.07, 6.45) is 5.19.